The van der Waals surface area contributed by atoms with Crippen molar-refractivity contribution in [3.05, 3.63) is 29.6 Å². The van der Waals surface area contributed by atoms with E-state index in [2.05, 4.69) is 56.2 Å². The Labute approximate surface area is 117 Å². The molecule has 3 nitrogen and oxygen atoms in total. The quantitative estimate of drug-likeness (QED) is 0.853. The van der Waals surface area contributed by atoms with Gasteiger partial charge in [0.15, 0.2) is 0 Å². The molecule has 2 rings (SSSR count). The van der Waals surface area contributed by atoms with Crippen LogP contribution in [-0.2, 0) is 13.1 Å². The summed E-state index contributed by atoms with van der Waals surface area (Å²) in [5.74, 6) is 0. The fourth-order valence-electron chi connectivity index (χ4n) is 2.39. The van der Waals surface area contributed by atoms with Crippen molar-refractivity contribution < 1.29 is 0 Å². The molecule has 3 heteroatoms. The van der Waals surface area contributed by atoms with Gasteiger partial charge >= 0.3 is 0 Å². The van der Waals surface area contributed by atoms with E-state index < -0.39 is 0 Å². The molecular formula is C16H27N3. The Balaban J connectivity index is 1.86. The summed E-state index contributed by atoms with van der Waals surface area (Å²) in [6.07, 6.45) is 2.65. The van der Waals surface area contributed by atoms with E-state index in [1.54, 1.807) is 0 Å². The van der Waals surface area contributed by atoms with E-state index in [0.717, 1.165) is 31.4 Å². The lowest BCUT2D eigenvalue weighted by Gasteiger charge is -2.26. The molecule has 0 bridgehead atoms. The third kappa shape index (κ3) is 5.70. The first-order valence-electron chi connectivity index (χ1n) is 7.29. The lowest BCUT2D eigenvalue weighted by molar-refractivity contribution is 0.219. The van der Waals surface area contributed by atoms with E-state index >= 15 is 0 Å². The van der Waals surface area contributed by atoms with Crippen molar-refractivity contribution in [2.24, 2.45) is 5.41 Å². The first-order valence-corrected chi connectivity index (χ1v) is 7.29. The minimum absolute atomic E-state index is 0.333. The molecule has 0 unspecified atom stereocenters. The molecule has 1 fully saturated rings. The van der Waals surface area contributed by atoms with Crippen molar-refractivity contribution in [3.63, 3.8) is 0 Å². The third-order valence-electron chi connectivity index (χ3n) is 3.19. The van der Waals surface area contributed by atoms with E-state index in [4.69, 9.17) is 4.98 Å². The molecule has 0 saturated heterocycles. The Morgan fingerprint density at radius 1 is 1.26 bits per heavy atom. The predicted octanol–water partition coefficient (Wildman–Crippen LogP) is 2.81. The number of aromatic nitrogens is 1. The lowest BCUT2D eigenvalue weighted by Crippen LogP contribution is -2.29. The number of nitrogens with one attached hydrogen (secondary N) is 1. The maximum absolute atomic E-state index is 4.74. The second-order valence-electron chi connectivity index (χ2n) is 7.01. The minimum atomic E-state index is 0.333. The van der Waals surface area contributed by atoms with Crippen LogP contribution in [0.2, 0.25) is 0 Å². The molecule has 0 amide bonds. The normalized spacial score (nSPS) is 16.1. The highest BCUT2D eigenvalue weighted by Crippen LogP contribution is 2.19. The predicted molar refractivity (Wildman–Crippen MR) is 79.9 cm³/mol. The molecule has 0 spiro atoms. The maximum Gasteiger partial charge on any atom is 0.0547 e. The summed E-state index contributed by atoms with van der Waals surface area (Å²) in [5, 5.41) is 3.52. The van der Waals surface area contributed by atoms with Crippen LogP contribution in [0.3, 0.4) is 0 Å². The van der Waals surface area contributed by atoms with Crippen molar-refractivity contribution in [1.29, 1.82) is 0 Å². The van der Waals surface area contributed by atoms with Crippen LogP contribution in [0.4, 0.5) is 0 Å². The molecule has 0 aromatic carbocycles. The lowest BCUT2D eigenvalue weighted by atomic mass is 9.96. The summed E-state index contributed by atoms with van der Waals surface area (Å²) in [4.78, 5) is 7.09. The van der Waals surface area contributed by atoms with Crippen LogP contribution in [0.15, 0.2) is 18.2 Å². The van der Waals surface area contributed by atoms with Crippen LogP contribution in [0.25, 0.3) is 0 Å². The topological polar surface area (TPSA) is 28.2 Å². The van der Waals surface area contributed by atoms with Crippen LogP contribution in [0.5, 0.6) is 0 Å². The first kappa shape index (κ1) is 14.5. The van der Waals surface area contributed by atoms with Crippen molar-refractivity contribution >= 4 is 0 Å². The smallest absolute Gasteiger partial charge is 0.0547 e. The van der Waals surface area contributed by atoms with E-state index in [1.807, 2.05) is 0 Å². The highest BCUT2D eigenvalue weighted by Gasteiger charge is 2.20. The molecule has 0 aliphatic heterocycles. The van der Waals surface area contributed by atoms with Gasteiger partial charge in [0.1, 0.15) is 0 Å². The van der Waals surface area contributed by atoms with Crippen LogP contribution < -0.4 is 5.32 Å². The Morgan fingerprint density at radius 2 is 1.95 bits per heavy atom. The van der Waals surface area contributed by atoms with Gasteiger partial charge in [-0.15, -0.1) is 0 Å². The van der Waals surface area contributed by atoms with Gasteiger partial charge < -0.3 is 10.2 Å². The van der Waals surface area contributed by atoms with E-state index in [-0.39, 0.29) is 0 Å². The fraction of sp³-hybridized carbons (Fsp3) is 0.688. The molecule has 0 radical (unpaired) electrons. The average Bonchev–Trinajstić information content (AvgIpc) is 3.07. The molecule has 1 heterocycles. The van der Waals surface area contributed by atoms with E-state index in [0.29, 0.717) is 5.41 Å². The zero-order valence-corrected chi connectivity index (χ0v) is 12.7. The van der Waals surface area contributed by atoms with E-state index in [9.17, 15) is 0 Å². The van der Waals surface area contributed by atoms with Gasteiger partial charge in [-0.1, -0.05) is 26.8 Å². The Hall–Kier alpha value is -0.930. The van der Waals surface area contributed by atoms with Crippen molar-refractivity contribution in [2.45, 2.75) is 52.7 Å². The average molecular weight is 261 g/mol. The molecular weight excluding hydrogens is 234 g/mol. The van der Waals surface area contributed by atoms with Crippen molar-refractivity contribution in [2.75, 3.05) is 13.6 Å². The molecule has 106 valence electrons. The largest absolute Gasteiger partial charge is 0.308 e. The highest BCUT2D eigenvalue weighted by atomic mass is 15.1. The van der Waals surface area contributed by atoms with Gasteiger partial charge in [0.2, 0.25) is 0 Å². The van der Waals surface area contributed by atoms with Gasteiger partial charge in [-0.05, 0) is 37.4 Å². The van der Waals surface area contributed by atoms with Gasteiger partial charge in [0.25, 0.3) is 0 Å². The second-order valence-corrected chi connectivity index (χ2v) is 7.01. The van der Waals surface area contributed by atoms with Crippen LogP contribution in [0.1, 0.15) is 45.0 Å². The molecule has 1 aliphatic carbocycles. The molecule has 19 heavy (non-hydrogen) atoms. The standard InChI is InChI=1S/C16H27N3/c1-16(2,3)12-19(4)11-15-7-5-6-14(18-15)10-17-13-8-9-13/h5-7,13,17H,8-12H2,1-4H3. The molecule has 1 aromatic rings. The number of nitrogens with zero attached hydrogens (tertiary/aromatic N) is 2. The zero-order valence-electron chi connectivity index (χ0n) is 12.7. The Morgan fingerprint density at radius 3 is 2.58 bits per heavy atom. The molecule has 1 N–H and O–H groups in total. The van der Waals surface area contributed by atoms with Crippen molar-refractivity contribution in [1.82, 2.24) is 15.2 Å². The van der Waals surface area contributed by atoms with Gasteiger partial charge in [-0.3, -0.25) is 4.98 Å². The minimum Gasteiger partial charge on any atom is -0.308 e. The zero-order chi connectivity index (χ0) is 13.9. The summed E-state index contributed by atoms with van der Waals surface area (Å²) >= 11 is 0. The van der Waals surface area contributed by atoms with Gasteiger partial charge in [0.05, 0.1) is 11.4 Å². The monoisotopic (exact) mass is 261 g/mol. The summed E-state index contributed by atoms with van der Waals surface area (Å²) < 4.78 is 0. The van der Waals surface area contributed by atoms with Gasteiger partial charge in [0, 0.05) is 25.7 Å². The Kier molecular flexibility index (Phi) is 4.58. The van der Waals surface area contributed by atoms with Crippen LogP contribution >= 0.6 is 0 Å². The maximum atomic E-state index is 4.74. The number of hydrogen-bond acceptors (Lipinski definition) is 3. The number of rotatable bonds is 6. The van der Waals surface area contributed by atoms with Crippen molar-refractivity contribution in [3.8, 4) is 0 Å². The summed E-state index contributed by atoms with van der Waals surface area (Å²) in [6.45, 7) is 9.72. The summed E-state index contributed by atoms with van der Waals surface area (Å²) in [6, 6.07) is 7.11. The van der Waals surface area contributed by atoms with E-state index in [1.165, 1.54) is 18.5 Å². The second kappa shape index (κ2) is 6.02. The number of hydrogen-bond donors (Lipinski definition) is 1. The molecule has 0 atom stereocenters. The van der Waals surface area contributed by atoms with Gasteiger partial charge in [-0.2, -0.15) is 0 Å². The molecule has 1 saturated carbocycles. The Bertz CT molecular complexity index is 405. The first-order chi connectivity index (χ1) is 8.92. The van der Waals surface area contributed by atoms with Gasteiger partial charge in [-0.25, -0.2) is 0 Å². The number of pyridine rings is 1. The van der Waals surface area contributed by atoms with Crippen LogP contribution in [0, 0.1) is 5.41 Å². The molecule has 1 aliphatic rings. The molecule has 1 aromatic heterocycles. The fourth-order valence-corrected chi connectivity index (χ4v) is 2.39. The highest BCUT2D eigenvalue weighted by molar-refractivity contribution is 5.11. The summed E-state index contributed by atoms with van der Waals surface area (Å²) in [5.41, 5.74) is 2.66. The van der Waals surface area contributed by atoms with Crippen LogP contribution in [-0.4, -0.2) is 29.5 Å². The third-order valence-corrected chi connectivity index (χ3v) is 3.19. The summed E-state index contributed by atoms with van der Waals surface area (Å²) in [7, 11) is 2.17. The SMILES string of the molecule is CN(Cc1cccc(CNC2CC2)n1)CC(C)(C)C.